The third-order valence-corrected chi connectivity index (χ3v) is 6.16. The van der Waals surface area contributed by atoms with Gasteiger partial charge in [-0.25, -0.2) is 4.98 Å². The van der Waals surface area contributed by atoms with Crippen molar-refractivity contribution >= 4 is 22.9 Å². The fourth-order valence-electron chi connectivity index (χ4n) is 4.18. The first-order valence-electron chi connectivity index (χ1n) is 12.9. The van der Waals surface area contributed by atoms with Crippen molar-refractivity contribution in [1.82, 2.24) is 56.1 Å². The summed E-state index contributed by atoms with van der Waals surface area (Å²) in [6.45, 7) is 12.0. The summed E-state index contributed by atoms with van der Waals surface area (Å²) in [5.41, 5.74) is 1.42. The molecule has 13 nitrogen and oxygen atoms in total. The van der Waals surface area contributed by atoms with Crippen molar-refractivity contribution in [3.8, 4) is 0 Å². The van der Waals surface area contributed by atoms with E-state index in [0.717, 1.165) is 57.8 Å². The zero-order chi connectivity index (χ0) is 24.3. The number of anilines is 2. The van der Waals surface area contributed by atoms with Crippen LogP contribution in [0, 0.1) is 0 Å². The molecule has 1 aliphatic heterocycles. The molecule has 0 spiro atoms. The molecule has 0 aromatic carbocycles. The summed E-state index contributed by atoms with van der Waals surface area (Å²) < 4.78 is 0. The van der Waals surface area contributed by atoms with Crippen LogP contribution in [0.4, 0.5) is 11.8 Å². The summed E-state index contributed by atoms with van der Waals surface area (Å²) >= 11 is 0. The Balaban J connectivity index is 1.21. The first-order chi connectivity index (χ1) is 17.3. The number of aromatic nitrogens is 8. The normalized spacial score (nSPS) is 15.1. The van der Waals surface area contributed by atoms with Crippen molar-refractivity contribution < 1.29 is 0 Å². The molecule has 1 aliphatic rings. The Morgan fingerprint density at radius 3 is 2.83 bits per heavy atom. The second kappa shape index (κ2) is 13.3. The number of piperazine rings is 1. The van der Waals surface area contributed by atoms with Crippen LogP contribution in [0.1, 0.15) is 45.4 Å². The molecule has 192 valence electrons. The highest BCUT2D eigenvalue weighted by Gasteiger charge is 2.17. The minimum absolute atomic E-state index is 0.418. The smallest absolute Gasteiger partial charge is 0.229 e. The fourth-order valence-corrected chi connectivity index (χ4v) is 4.18. The number of H-pyrrole nitrogens is 1. The number of nitrogens with one attached hydrogen (secondary N) is 5. The van der Waals surface area contributed by atoms with Gasteiger partial charge in [-0.2, -0.15) is 14.8 Å². The lowest BCUT2D eigenvalue weighted by atomic mass is 10.1. The van der Waals surface area contributed by atoms with Crippen molar-refractivity contribution in [2.75, 3.05) is 56.0 Å². The van der Waals surface area contributed by atoms with E-state index in [0.29, 0.717) is 42.4 Å². The summed E-state index contributed by atoms with van der Waals surface area (Å²) in [6.07, 6.45) is 6.42. The lowest BCUT2D eigenvalue weighted by Crippen LogP contribution is -2.44. The maximum absolute atomic E-state index is 4.74. The number of tetrazole rings is 1. The monoisotopic (exact) mass is 485 g/mol. The van der Waals surface area contributed by atoms with E-state index in [1.165, 1.54) is 19.3 Å². The topological polar surface area (TPSA) is 149 Å². The van der Waals surface area contributed by atoms with E-state index in [1.54, 1.807) is 11.1 Å². The van der Waals surface area contributed by atoms with Crippen LogP contribution in [-0.2, 0) is 13.1 Å². The number of nitrogens with zero attached hydrogens (tertiary/aromatic N) is 8. The lowest BCUT2D eigenvalue weighted by Gasteiger charge is -2.27. The number of rotatable bonds is 15. The van der Waals surface area contributed by atoms with E-state index in [2.05, 4.69) is 70.4 Å². The van der Waals surface area contributed by atoms with Crippen LogP contribution in [-0.4, -0.2) is 92.0 Å². The molecular formula is C22H39N13. The molecule has 1 atom stereocenters. The minimum Gasteiger partial charge on any atom is -0.361 e. The summed E-state index contributed by atoms with van der Waals surface area (Å²) in [6, 6.07) is 0.645. The molecule has 0 radical (unpaired) electrons. The predicted octanol–water partition coefficient (Wildman–Crippen LogP) is 0.509. The van der Waals surface area contributed by atoms with Crippen molar-refractivity contribution in [3.63, 3.8) is 0 Å². The van der Waals surface area contributed by atoms with Gasteiger partial charge in [-0.1, -0.05) is 20.3 Å². The van der Waals surface area contributed by atoms with Crippen LogP contribution in [0.25, 0.3) is 11.2 Å². The van der Waals surface area contributed by atoms with Gasteiger partial charge in [-0.3, -0.25) is 0 Å². The lowest BCUT2D eigenvalue weighted by molar-refractivity contribution is 0.446. The largest absolute Gasteiger partial charge is 0.361 e. The van der Waals surface area contributed by atoms with Gasteiger partial charge in [-0.05, 0) is 37.6 Å². The number of hydrogen-bond donors (Lipinski definition) is 5. The van der Waals surface area contributed by atoms with Crippen LogP contribution < -0.4 is 26.2 Å². The molecule has 35 heavy (non-hydrogen) atoms. The Hall–Kier alpha value is -2.90. The third kappa shape index (κ3) is 7.29. The second-order valence-corrected chi connectivity index (χ2v) is 8.82. The van der Waals surface area contributed by atoms with Gasteiger partial charge in [0.1, 0.15) is 5.52 Å². The molecule has 0 aliphatic carbocycles. The molecule has 0 amide bonds. The van der Waals surface area contributed by atoms with Gasteiger partial charge in [0.05, 0.1) is 19.4 Å². The molecule has 3 aromatic heterocycles. The molecule has 13 heteroatoms. The van der Waals surface area contributed by atoms with Crippen LogP contribution >= 0.6 is 0 Å². The standard InChI is InChI=1S/C22H39N13/c1-3-6-17(4-2)25-8-5-7-23-11-14-35-32-18(31-33-35)15-26-20-19-21(28-16-27-19)30-22(29-20)34-12-9-24-10-13-34/h16-17,23-25H,3-15H2,1-2H3,(H2,26,27,28,29,30). The Bertz CT molecular complexity index is 1010. The van der Waals surface area contributed by atoms with Crippen LogP contribution in [0.5, 0.6) is 0 Å². The third-order valence-electron chi connectivity index (χ3n) is 6.16. The Labute approximate surface area is 206 Å². The summed E-state index contributed by atoms with van der Waals surface area (Å²) in [5.74, 6) is 1.99. The average Bonchev–Trinajstić information content (AvgIpc) is 3.56. The number of fused-ring (bicyclic) bond motifs is 1. The fraction of sp³-hybridized carbons (Fsp3) is 0.727. The molecular weight excluding hydrogens is 446 g/mol. The molecule has 1 unspecified atom stereocenters. The van der Waals surface area contributed by atoms with E-state index >= 15 is 0 Å². The van der Waals surface area contributed by atoms with Gasteiger partial charge in [0, 0.05) is 38.8 Å². The van der Waals surface area contributed by atoms with Crippen molar-refractivity contribution in [2.45, 2.75) is 58.7 Å². The highest BCUT2D eigenvalue weighted by atomic mass is 15.6. The summed E-state index contributed by atoms with van der Waals surface area (Å²) in [7, 11) is 0. The van der Waals surface area contributed by atoms with Crippen molar-refractivity contribution in [1.29, 1.82) is 0 Å². The average molecular weight is 486 g/mol. The zero-order valence-electron chi connectivity index (χ0n) is 20.9. The Morgan fingerprint density at radius 1 is 1.11 bits per heavy atom. The van der Waals surface area contributed by atoms with E-state index in [9.17, 15) is 0 Å². The zero-order valence-corrected chi connectivity index (χ0v) is 20.9. The molecule has 3 aromatic rings. The Morgan fingerprint density at radius 2 is 2.00 bits per heavy atom. The quantitative estimate of drug-likeness (QED) is 0.192. The van der Waals surface area contributed by atoms with Gasteiger partial charge in [0.2, 0.25) is 5.95 Å². The SMILES string of the molecule is CCCC(CC)NCCCNCCn1nnc(CNc2nc(N3CCNCC3)nc3nc[nH]c23)n1. The van der Waals surface area contributed by atoms with Crippen LogP contribution in [0.2, 0.25) is 0 Å². The van der Waals surface area contributed by atoms with E-state index in [1.807, 2.05) is 0 Å². The van der Waals surface area contributed by atoms with Crippen LogP contribution in [0.15, 0.2) is 6.33 Å². The first-order valence-corrected chi connectivity index (χ1v) is 12.9. The van der Waals surface area contributed by atoms with Gasteiger partial charge in [0.15, 0.2) is 17.3 Å². The van der Waals surface area contributed by atoms with Gasteiger partial charge in [0.25, 0.3) is 0 Å². The molecule has 0 bridgehead atoms. The summed E-state index contributed by atoms with van der Waals surface area (Å²) in [4.78, 5) is 20.6. The number of imidazole rings is 1. The maximum Gasteiger partial charge on any atom is 0.229 e. The van der Waals surface area contributed by atoms with Gasteiger partial charge in [-0.15, -0.1) is 10.2 Å². The van der Waals surface area contributed by atoms with Crippen molar-refractivity contribution in [2.24, 2.45) is 0 Å². The maximum atomic E-state index is 4.74. The molecule has 4 rings (SSSR count). The Kier molecular flexibility index (Phi) is 9.55. The van der Waals surface area contributed by atoms with Crippen molar-refractivity contribution in [3.05, 3.63) is 12.2 Å². The highest BCUT2D eigenvalue weighted by Crippen LogP contribution is 2.21. The van der Waals surface area contributed by atoms with E-state index in [-0.39, 0.29) is 0 Å². The number of hydrogen-bond acceptors (Lipinski definition) is 11. The van der Waals surface area contributed by atoms with Gasteiger partial charge < -0.3 is 31.2 Å². The first kappa shape index (κ1) is 25.2. The number of aromatic amines is 1. The highest BCUT2D eigenvalue weighted by molar-refractivity contribution is 5.83. The van der Waals surface area contributed by atoms with Gasteiger partial charge >= 0.3 is 0 Å². The molecule has 1 fully saturated rings. The minimum atomic E-state index is 0.418. The van der Waals surface area contributed by atoms with Crippen LogP contribution in [0.3, 0.4) is 0 Å². The predicted molar refractivity (Wildman–Crippen MR) is 136 cm³/mol. The molecule has 5 N–H and O–H groups in total. The van der Waals surface area contributed by atoms with E-state index in [4.69, 9.17) is 4.98 Å². The molecule has 4 heterocycles. The molecule has 1 saturated heterocycles. The second-order valence-electron chi connectivity index (χ2n) is 8.82. The molecule has 0 saturated carbocycles. The summed E-state index contributed by atoms with van der Waals surface area (Å²) in [5, 5.41) is 26.6. The van der Waals surface area contributed by atoms with E-state index < -0.39 is 0 Å².